The number of nitrogens with one attached hydrogen (secondary N) is 3. The van der Waals surface area contributed by atoms with Gasteiger partial charge in [0, 0.05) is 18.0 Å². The molecule has 0 aliphatic heterocycles. The fourth-order valence-electron chi connectivity index (χ4n) is 2.35. The molecule has 3 rings (SSSR count). The standard InChI is InChI=1S/C17H15F3N6O/c1-10(14-24-15(26-25-14)11-5-4-8-21-9-11)22-16(27)23-13-7-3-2-6-12(13)17(18,19)20/h2-10H,1H3,(H2,22,23,27)(H,24,25,26)/t10-/m0/s1. The highest BCUT2D eigenvalue weighted by Crippen LogP contribution is 2.34. The van der Waals surface area contributed by atoms with Crippen molar-refractivity contribution < 1.29 is 18.0 Å². The topological polar surface area (TPSA) is 95.6 Å². The second kappa shape index (κ2) is 7.44. The fourth-order valence-corrected chi connectivity index (χ4v) is 2.35. The maximum Gasteiger partial charge on any atom is 0.418 e. The largest absolute Gasteiger partial charge is 0.418 e. The number of pyridine rings is 1. The minimum absolute atomic E-state index is 0.330. The van der Waals surface area contributed by atoms with E-state index in [0.717, 1.165) is 6.07 Å². The van der Waals surface area contributed by atoms with E-state index in [1.54, 1.807) is 31.5 Å². The Morgan fingerprint density at radius 1 is 1.19 bits per heavy atom. The van der Waals surface area contributed by atoms with Crippen LogP contribution >= 0.6 is 0 Å². The molecule has 0 aliphatic rings. The number of rotatable bonds is 4. The van der Waals surface area contributed by atoms with Gasteiger partial charge in [0.05, 0.1) is 17.3 Å². The number of halogens is 3. The minimum atomic E-state index is -4.57. The Labute approximate surface area is 152 Å². The van der Waals surface area contributed by atoms with Gasteiger partial charge < -0.3 is 10.6 Å². The first-order valence-electron chi connectivity index (χ1n) is 7.91. The zero-order valence-electron chi connectivity index (χ0n) is 14.1. The molecule has 0 saturated carbocycles. The van der Waals surface area contributed by atoms with Crippen molar-refractivity contribution in [1.29, 1.82) is 0 Å². The number of hydrogen-bond donors (Lipinski definition) is 3. The summed E-state index contributed by atoms with van der Waals surface area (Å²) in [4.78, 5) is 20.3. The lowest BCUT2D eigenvalue weighted by Crippen LogP contribution is -2.32. The van der Waals surface area contributed by atoms with Crippen LogP contribution in [0.3, 0.4) is 0 Å². The fraction of sp³-hybridized carbons (Fsp3) is 0.176. The number of carbonyl (C=O) groups excluding carboxylic acids is 1. The SMILES string of the molecule is C[C@H](NC(=O)Nc1ccccc1C(F)(F)F)c1nc(-c2cccnc2)n[nH]1. The number of aromatic amines is 1. The number of urea groups is 1. The average molecular weight is 376 g/mol. The van der Waals surface area contributed by atoms with E-state index in [2.05, 4.69) is 30.8 Å². The van der Waals surface area contributed by atoms with Gasteiger partial charge in [-0.15, -0.1) is 0 Å². The number of benzene rings is 1. The summed E-state index contributed by atoms with van der Waals surface area (Å²) in [6, 6.07) is 6.85. The molecule has 7 nitrogen and oxygen atoms in total. The molecule has 10 heteroatoms. The van der Waals surface area contributed by atoms with Gasteiger partial charge in [0.15, 0.2) is 5.82 Å². The van der Waals surface area contributed by atoms with Crippen molar-refractivity contribution in [3.05, 3.63) is 60.2 Å². The Hall–Kier alpha value is -3.43. The van der Waals surface area contributed by atoms with Crippen LogP contribution in [0.5, 0.6) is 0 Å². The van der Waals surface area contributed by atoms with E-state index in [-0.39, 0.29) is 5.69 Å². The van der Waals surface area contributed by atoms with E-state index in [4.69, 9.17) is 0 Å². The van der Waals surface area contributed by atoms with Crippen molar-refractivity contribution in [3.63, 3.8) is 0 Å². The lowest BCUT2D eigenvalue weighted by Gasteiger charge is -2.15. The average Bonchev–Trinajstić information content (AvgIpc) is 3.12. The number of carbonyl (C=O) groups is 1. The second-order valence-corrected chi connectivity index (χ2v) is 5.65. The minimum Gasteiger partial charge on any atom is -0.328 e. The van der Waals surface area contributed by atoms with Crippen molar-refractivity contribution in [1.82, 2.24) is 25.5 Å². The predicted octanol–water partition coefficient (Wildman–Crippen LogP) is 3.77. The smallest absolute Gasteiger partial charge is 0.328 e. The van der Waals surface area contributed by atoms with E-state index in [9.17, 15) is 18.0 Å². The molecule has 1 aromatic carbocycles. The number of hydrogen-bond acceptors (Lipinski definition) is 4. The lowest BCUT2D eigenvalue weighted by atomic mass is 10.1. The van der Waals surface area contributed by atoms with E-state index >= 15 is 0 Å². The van der Waals surface area contributed by atoms with E-state index in [0.29, 0.717) is 17.2 Å². The van der Waals surface area contributed by atoms with Crippen LogP contribution in [-0.4, -0.2) is 26.2 Å². The van der Waals surface area contributed by atoms with Crippen LogP contribution in [0.1, 0.15) is 24.4 Å². The lowest BCUT2D eigenvalue weighted by molar-refractivity contribution is -0.136. The Bertz CT molecular complexity index is 926. The molecule has 0 saturated heterocycles. The molecule has 2 heterocycles. The Kier molecular flexibility index (Phi) is 5.06. The van der Waals surface area contributed by atoms with Crippen LogP contribution in [0.2, 0.25) is 0 Å². The van der Waals surface area contributed by atoms with E-state index < -0.39 is 23.8 Å². The Balaban J connectivity index is 1.68. The van der Waals surface area contributed by atoms with Crippen LogP contribution in [0.25, 0.3) is 11.4 Å². The van der Waals surface area contributed by atoms with Crippen LogP contribution in [0.15, 0.2) is 48.8 Å². The van der Waals surface area contributed by atoms with Crippen LogP contribution in [-0.2, 0) is 6.18 Å². The number of para-hydroxylation sites is 1. The van der Waals surface area contributed by atoms with Gasteiger partial charge in [0.2, 0.25) is 0 Å². The molecule has 3 aromatic rings. The maximum absolute atomic E-state index is 13.0. The van der Waals surface area contributed by atoms with Crippen LogP contribution in [0, 0.1) is 0 Å². The molecule has 2 aromatic heterocycles. The van der Waals surface area contributed by atoms with Crippen LogP contribution < -0.4 is 10.6 Å². The van der Waals surface area contributed by atoms with Gasteiger partial charge in [-0.2, -0.15) is 18.3 Å². The van der Waals surface area contributed by atoms with Gasteiger partial charge in [-0.1, -0.05) is 12.1 Å². The van der Waals surface area contributed by atoms with Crippen molar-refractivity contribution >= 4 is 11.7 Å². The summed E-state index contributed by atoms with van der Waals surface area (Å²) in [5.41, 5.74) is -0.564. The molecule has 1 atom stereocenters. The van der Waals surface area contributed by atoms with Crippen molar-refractivity contribution in [3.8, 4) is 11.4 Å². The van der Waals surface area contributed by atoms with Gasteiger partial charge in [-0.3, -0.25) is 10.1 Å². The third-order valence-electron chi connectivity index (χ3n) is 3.66. The highest BCUT2D eigenvalue weighted by atomic mass is 19.4. The summed E-state index contributed by atoms with van der Waals surface area (Å²) in [7, 11) is 0. The summed E-state index contributed by atoms with van der Waals surface area (Å²) in [6.07, 6.45) is -1.37. The molecule has 3 N–H and O–H groups in total. The number of H-pyrrole nitrogens is 1. The molecule has 27 heavy (non-hydrogen) atoms. The summed E-state index contributed by atoms with van der Waals surface area (Å²) >= 11 is 0. The third-order valence-corrected chi connectivity index (χ3v) is 3.66. The van der Waals surface area contributed by atoms with Gasteiger partial charge in [0.1, 0.15) is 5.82 Å². The van der Waals surface area contributed by atoms with Crippen molar-refractivity contribution in [2.75, 3.05) is 5.32 Å². The normalized spacial score (nSPS) is 12.4. The quantitative estimate of drug-likeness (QED) is 0.646. The molecule has 0 aliphatic carbocycles. The van der Waals surface area contributed by atoms with Gasteiger partial charge >= 0.3 is 12.2 Å². The summed E-state index contributed by atoms with van der Waals surface area (Å²) in [6.45, 7) is 1.63. The molecular formula is C17H15F3N6O. The van der Waals surface area contributed by atoms with E-state index in [1.165, 1.54) is 18.2 Å². The molecule has 0 unspecified atom stereocenters. The number of amides is 2. The summed E-state index contributed by atoms with van der Waals surface area (Å²) in [5.74, 6) is 0.752. The first kappa shape index (κ1) is 18.4. The molecule has 0 spiro atoms. The molecule has 0 bridgehead atoms. The number of aromatic nitrogens is 4. The van der Waals surface area contributed by atoms with Crippen LogP contribution in [0.4, 0.5) is 23.7 Å². The van der Waals surface area contributed by atoms with Gasteiger partial charge in [-0.05, 0) is 31.2 Å². The third kappa shape index (κ3) is 4.40. The Morgan fingerprint density at radius 3 is 2.67 bits per heavy atom. The van der Waals surface area contributed by atoms with Crippen molar-refractivity contribution in [2.45, 2.75) is 19.1 Å². The number of anilines is 1. The monoisotopic (exact) mass is 376 g/mol. The first-order valence-corrected chi connectivity index (χ1v) is 7.91. The number of alkyl halides is 3. The maximum atomic E-state index is 13.0. The molecular weight excluding hydrogens is 361 g/mol. The van der Waals surface area contributed by atoms with Gasteiger partial charge in [0.25, 0.3) is 0 Å². The Morgan fingerprint density at radius 2 is 1.96 bits per heavy atom. The molecule has 2 amide bonds. The predicted molar refractivity (Wildman–Crippen MR) is 91.6 cm³/mol. The zero-order chi connectivity index (χ0) is 19.4. The zero-order valence-corrected chi connectivity index (χ0v) is 14.1. The molecule has 140 valence electrons. The first-order chi connectivity index (χ1) is 12.8. The van der Waals surface area contributed by atoms with E-state index in [1.807, 2.05) is 0 Å². The molecule has 0 fully saturated rings. The highest BCUT2D eigenvalue weighted by molar-refractivity contribution is 5.90. The van der Waals surface area contributed by atoms with Crippen molar-refractivity contribution in [2.24, 2.45) is 0 Å². The second-order valence-electron chi connectivity index (χ2n) is 5.65. The van der Waals surface area contributed by atoms with Gasteiger partial charge in [-0.25, -0.2) is 9.78 Å². The number of nitrogens with zero attached hydrogens (tertiary/aromatic N) is 3. The molecule has 0 radical (unpaired) electrons. The summed E-state index contributed by atoms with van der Waals surface area (Å²) < 4.78 is 39.0. The summed E-state index contributed by atoms with van der Waals surface area (Å²) in [5, 5.41) is 11.5. The highest BCUT2D eigenvalue weighted by Gasteiger charge is 2.33.